The Morgan fingerprint density at radius 1 is 1.45 bits per heavy atom. The second kappa shape index (κ2) is 4.45. The molecule has 5 heteroatoms. The molecule has 2 aromatic heterocycles. The lowest BCUT2D eigenvalue weighted by Crippen LogP contribution is -2.30. The average Bonchev–Trinajstić information content (AvgIpc) is 2.86. The van der Waals surface area contributed by atoms with Gasteiger partial charge in [-0.25, -0.2) is 0 Å². The Morgan fingerprint density at radius 3 is 2.85 bits per heavy atom. The van der Waals surface area contributed by atoms with Gasteiger partial charge < -0.3 is 14.8 Å². The van der Waals surface area contributed by atoms with Crippen molar-refractivity contribution in [3.63, 3.8) is 0 Å². The smallest absolute Gasteiger partial charge is 0.246 e. The molecule has 0 saturated carbocycles. The van der Waals surface area contributed by atoms with E-state index in [1.54, 1.807) is 0 Å². The molecule has 1 aliphatic carbocycles. The Kier molecular flexibility index (Phi) is 2.97. The molecule has 5 nitrogen and oxygen atoms in total. The average molecular weight is 274 g/mol. The maximum Gasteiger partial charge on any atom is 0.246 e. The van der Waals surface area contributed by atoms with Gasteiger partial charge in [-0.1, -0.05) is 19.0 Å². The number of fused-ring (bicyclic) bond motifs is 1. The van der Waals surface area contributed by atoms with Crippen LogP contribution in [0.3, 0.4) is 0 Å². The third kappa shape index (κ3) is 2.26. The summed E-state index contributed by atoms with van der Waals surface area (Å²) in [6.07, 6.45) is 2.07. The summed E-state index contributed by atoms with van der Waals surface area (Å²) >= 11 is 0. The van der Waals surface area contributed by atoms with Crippen LogP contribution in [-0.2, 0) is 13.0 Å². The molecule has 0 spiro atoms. The van der Waals surface area contributed by atoms with Gasteiger partial charge in [-0.2, -0.15) is 4.98 Å². The van der Waals surface area contributed by atoms with Crippen LogP contribution >= 0.6 is 0 Å². The molecule has 2 aromatic rings. The number of aromatic nitrogens is 3. The van der Waals surface area contributed by atoms with Crippen LogP contribution in [0.4, 0.5) is 0 Å². The summed E-state index contributed by atoms with van der Waals surface area (Å²) < 4.78 is 7.52. The summed E-state index contributed by atoms with van der Waals surface area (Å²) in [5, 5.41) is 3.86. The first-order valence-corrected chi connectivity index (χ1v) is 7.09. The van der Waals surface area contributed by atoms with Crippen molar-refractivity contribution in [2.75, 3.05) is 0 Å². The topological polar surface area (TPSA) is 69.9 Å². The molecule has 1 atom stereocenters. The lowest BCUT2D eigenvalue weighted by Gasteiger charge is -2.34. The second-order valence-corrected chi connectivity index (χ2v) is 6.66. The van der Waals surface area contributed by atoms with Gasteiger partial charge in [0.2, 0.25) is 5.89 Å². The molecule has 0 radical (unpaired) electrons. The van der Waals surface area contributed by atoms with Crippen molar-refractivity contribution in [3.05, 3.63) is 34.7 Å². The predicted octanol–water partition coefficient (Wildman–Crippen LogP) is 2.51. The molecule has 1 aliphatic rings. The second-order valence-electron chi connectivity index (χ2n) is 6.66. The monoisotopic (exact) mass is 274 g/mol. The third-order valence-corrected chi connectivity index (χ3v) is 4.13. The van der Waals surface area contributed by atoms with E-state index in [0.29, 0.717) is 18.3 Å². The van der Waals surface area contributed by atoms with E-state index >= 15 is 0 Å². The fourth-order valence-corrected chi connectivity index (χ4v) is 3.26. The van der Waals surface area contributed by atoms with E-state index in [2.05, 4.69) is 41.5 Å². The normalized spacial score (nSPS) is 20.9. The van der Waals surface area contributed by atoms with Crippen LogP contribution in [0, 0.1) is 19.3 Å². The molecule has 20 heavy (non-hydrogen) atoms. The summed E-state index contributed by atoms with van der Waals surface area (Å²) in [6, 6.07) is 2.33. The van der Waals surface area contributed by atoms with Crippen LogP contribution in [0.15, 0.2) is 10.6 Å². The van der Waals surface area contributed by atoms with Gasteiger partial charge in [0.05, 0.1) is 0 Å². The Morgan fingerprint density at radius 2 is 2.20 bits per heavy atom. The minimum atomic E-state index is 0.123. The molecule has 2 heterocycles. The molecular formula is C15H22N4O. The van der Waals surface area contributed by atoms with Gasteiger partial charge in [-0.15, -0.1) is 0 Å². The Hall–Kier alpha value is -1.62. The highest BCUT2D eigenvalue weighted by Crippen LogP contribution is 2.41. The molecule has 0 amide bonds. The van der Waals surface area contributed by atoms with Gasteiger partial charge in [-0.05, 0) is 43.7 Å². The summed E-state index contributed by atoms with van der Waals surface area (Å²) in [5.41, 5.74) is 10.4. The highest BCUT2D eigenvalue weighted by Gasteiger charge is 2.33. The lowest BCUT2D eigenvalue weighted by molar-refractivity contribution is 0.273. The van der Waals surface area contributed by atoms with Crippen LogP contribution in [0.25, 0.3) is 0 Å². The fourth-order valence-electron chi connectivity index (χ4n) is 3.26. The molecular weight excluding hydrogens is 252 g/mol. The van der Waals surface area contributed by atoms with E-state index in [0.717, 1.165) is 12.8 Å². The van der Waals surface area contributed by atoms with Gasteiger partial charge in [0.15, 0.2) is 5.82 Å². The van der Waals surface area contributed by atoms with Gasteiger partial charge in [0.1, 0.15) is 6.54 Å². The molecule has 0 fully saturated rings. The maximum absolute atomic E-state index is 6.34. The van der Waals surface area contributed by atoms with Crippen LogP contribution in [0.5, 0.6) is 0 Å². The maximum atomic E-state index is 6.34. The first kappa shape index (κ1) is 13.4. The van der Waals surface area contributed by atoms with E-state index in [9.17, 15) is 0 Å². The van der Waals surface area contributed by atoms with Crippen molar-refractivity contribution < 1.29 is 4.52 Å². The molecule has 1 unspecified atom stereocenters. The van der Waals surface area contributed by atoms with Crippen LogP contribution in [0.2, 0.25) is 0 Å². The third-order valence-electron chi connectivity index (χ3n) is 4.13. The standard InChI is InChI=1S/C15H22N4O/c1-9-5-11-12(16)6-15(3,4)7-13(11)19(9)8-14-17-10(2)18-20-14/h5,12H,6-8,16H2,1-4H3. The molecule has 0 aromatic carbocycles. The van der Waals surface area contributed by atoms with Gasteiger partial charge >= 0.3 is 0 Å². The van der Waals surface area contributed by atoms with Crippen molar-refractivity contribution in [1.82, 2.24) is 14.7 Å². The van der Waals surface area contributed by atoms with Crippen LogP contribution in [0.1, 0.15) is 55.0 Å². The Labute approximate surface area is 119 Å². The van der Waals surface area contributed by atoms with E-state index in [1.165, 1.54) is 17.0 Å². The first-order valence-electron chi connectivity index (χ1n) is 7.09. The molecule has 0 saturated heterocycles. The zero-order valence-electron chi connectivity index (χ0n) is 12.6. The van der Waals surface area contributed by atoms with Gasteiger partial charge in [0, 0.05) is 17.4 Å². The highest BCUT2D eigenvalue weighted by atomic mass is 16.5. The predicted molar refractivity (Wildman–Crippen MR) is 76.3 cm³/mol. The van der Waals surface area contributed by atoms with Crippen LogP contribution in [-0.4, -0.2) is 14.7 Å². The highest BCUT2D eigenvalue weighted by molar-refractivity contribution is 5.34. The molecule has 3 rings (SSSR count). The Balaban J connectivity index is 2.00. The van der Waals surface area contributed by atoms with Gasteiger partial charge in [0.25, 0.3) is 0 Å². The van der Waals surface area contributed by atoms with E-state index in [1.807, 2.05) is 6.92 Å². The summed E-state index contributed by atoms with van der Waals surface area (Å²) in [7, 11) is 0. The molecule has 0 bridgehead atoms. The lowest BCUT2D eigenvalue weighted by atomic mass is 9.74. The largest absolute Gasteiger partial charge is 0.339 e. The number of rotatable bonds is 2. The summed E-state index contributed by atoms with van der Waals surface area (Å²) in [6.45, 7) is 9.13. The summed E-state index contributed by atoms with van der Waals surface area (Å²) in [5.74, 6) is 1.33. The van der Waals surface area contributed by atoms with Crippen molar-refractivity contribution >= 4 is 0 Å². The van der Waals surface area contributed by atoms with E-state index < -0.39 is 0 Å². The van der Waals surface area contributed by atoms with Crippen LogP contribution < -0.4 is 5.73 Å². The van der Waals surface area contributed by atoms with E-state index in [4.69, 9.17) is 10.3 Å². The SMILES string of the molecule is Cc1noc(Cn2c(C)cc3c2CC(C)(C)CC3N)n1. The fraction of sp³-hybridized carbons (Fsp3) is 0.600. The van der Waals surface area contributed by atoms with Gasteiger partial charge in [-0.3, -0.25) is 0 Å². The van der Waals surface area contributed by atoms with Crippen molar-refractivity contribution in [2.45, 2.75) is 53.1 Å². The minimum absolute atomic E-state index is 0.123. The first-order chi connectivity index (χ1) is 9.35. The number of aryl methyl sites for hydroxylation is 2. The van der Waals surface area contributed by atoms with E-state index in [-0.39, 0.29) is 11.5 Å². The quantitative estimate of drug-likeness (QED) is 0.913. The minimum Gasteiger partial charge on any atom is -0.339 e. The molecule has 0 aliphatic heterocycles. The zero-order chi connectivity index (χ0) is 14.5. The molecule has 108 valence electrons. The van der Waals surface area contributed by atoms with Crippen molar-refractivity contribution in [1.29, 1.82) is 0 Å². The number of hydrogen-bond donors (Lipinski definition) is 1. The Bertz CT molecular complexity index is 638. The van der Waals surface area contributed by atoms with Crippen molar-refractivity contribution in [2.24, 2.45) is 11.1 Å². The number of hydrogen-bond acceptors (Lipinski definition) is 4. The summed E-state index contributed by atoms with van der Waals surface area (Å²) in [4.78, 5) is 4.30. The molecule has 2 N–H and O–H groups in total. The van der Waals surface area contributed by atoms with Crippen molar-refractivity contribution in [3.8, 4) is 0 Å². The zero-order valence-corrected chi connectivity index (χ0v) is 12.6. The number of nitrogens with two attached hydrogens (primary N) is 1. The number of nitrogens with zero attached hydrogens (tertiary/aromatic N) is 3.